The number of hydrogen-bond donors (Lipinski definition) is 1. The molecule has 0 saturated carbocycles. The maximum absolute atomic E-state index is 4.69. The van der Waals surface area contributed by atoms with Crippen molar-refractivity contribution in [1.29, 1.82) is 0 Å². The molecule has 0 spiro atoms. The number of nitrogens with one attached hydrogen (secondary N) is 1. The topological polar surface area (TPSA) is 36.8 Å². The summed E-state index contributed by atoms with van der Waals surface area (Å²) in [6.45, 7) is 1.97. The van der Waals surface area contributed by atoms with Gasteiger partial charge in [-0.1, -0.05) is 60.7 Å². The van der Waals surface area contributed by atoms with E-state index < -0.39 is 0 Å². The van der Waals surface area contributed by atoms with Gasteiger partial charge < -0.3 is 5.32 Å². The summed E-state index contributed by atoms with van der Waals surface area (Å²) < 4.78 is 0. The number of amidine groups is 2. The van der Waals surface area contributed by atoms with Crippen molar-refractivity contribution in [2.75, 3.05) is 0 Å². The van der Waals surface area contributed by atoms with E-state index in [1.54, 1.807) is 0 Å². The zero-order valence-corrected chi connectivity index (χ0v) is 10.7. The van der Waals surface area contributed by atoms with Gasteiger partial charge in [-0.3, -0.25) is 0 Å². The Hall–Kier alpha value is -2.42. The number of benzene rings is 2. The molecule has 2 aromatic carbocycles. The van der Waals surface area contributed by atoms with Crippen LogP contribution in [0.5, 0.6) is 0 Å². The predicted octanol–water partition coefficient (Wildman–Crippen LogP) is 3.15. The first kappa shape index (κ1) is 11.7. The summed E-state index contributed by atoms with van der Waals surface area (Å²) in [5.74, 6) is 1.77. The summed E-state index contributed by atoms with van der Waals surface area (Å²) in [5, 5.41) is 3.23. The van der Waals surface area contributed by atoms with Crippen LogP contribution in [-0.4, -0.2) is 11.7 Å². The van der Waals surface area contributed by atoms with Crippen molar-refractivity contribution in [2.45, 2.75) is 13.1 Å². The van der Waals surface area contributed by atoms with Crippen LogP contribution in [0.15, 0.2) is 70.6 Å². The van der Waals surface area contributed by atoms with Crippen LogP contribution < -0.4 is 5.32 Å². The summed E-state index contributed by atoms with van der Waals surface area (Å²) in [6, 6.07) is 20.3. The second kappa shape index (κ2) is 5.06. The molecule has 1 N–H and O–H groups in total. The fourth-order valence-corrected chi connectivity index (χ4v) is 2.09. The van der Waals surface area contributed by atoms with Crippen molar-refractivity contribution in [3.05, 3.63) is 71.8 Å². The highest BCUT2D eigenvalue weighted by molar-refractivity contribution is 6.09. The van der Waals surface area contributed by atoms with Crippen molar-refractivity contribution >= 4 is 11.7 Å². The lowest BCUT2D eigenvalue weighted by Gasteiger charge is -2.20. The van der Waals surface area contributed by atoms with Crippen molar-refractivity contribution < 1.29 is 0 Å². The second-order valence-corrected chi connectivity index (χ2v) is 4.47. The lowest BCUT2D eigenvalue weighted by Crippen LogP contribution is -2.33. The molecule has 0 fully saturated rings. The molecule has 0 radical (unpaired) electrons. The van der Waals surface area contributed by atoms with E-state index in [4.69, 9.17) is 4.99 Å². The lowest BCUT2D eigenvalue weighted by atomic mass is 10.1. The average Bonchev–Trinajstić information content (AvgIpc) is 2.48. The third kappa shape index (κ3) is 2.55. The van der Waals surface area contributed by atoms with Crippen LogP contribution in [0.3, 0.4) is 0 Å². The van der Waals surface area contributed by atoms with Crippen molar-refractivity contribution in [2.24, 2.45) is 9.98 Å². The maximum atomic E-state index is 4.69. The first-order valence-corrected chi connectivity index (χ1v) is 6.32. The zero-order chi connectivity index (χ0) is 13.1. The smallest absolute Gasteiger partial charge is 0.169 e. The maximum Gasteiger partial charge on any atom is 0.169 e. The highest BCUT2D eigenvalue weighted by atomic mass is 15.2. The van der Waals surface area contributed by atoms with Crippen LogP contribution in [0.1, 0.15) is 24.2 Å². The van der Waals surface area contributed by atoms with Crippen LogP contribution >= 0.6 is 0 Å². The molecule has 1 heterocycles. The van der Waals surface area contributed by atoms with E-state index >= 15 is 0 Å². The van der Waals surface area contributed by atoms with Gasteiger partial charge in [0.1, 0.15) is 11.7 Å². The normalized spacial score (nSPS) is 18.3. The first-order valence-electron chi connectivity index (χ1n) is 6.32. The molecule has 0 amide bonds. The molecule has 0 unspecified atom stereocenters. The number of hydrogen-bond acceptors (Lipinski definition) is 3. The quantitative estimate of drug-likeness (QED) is 0.872. The Morgan fingerprint density at radius 2 is 1.47 bits per heavy atom. The molecule has 3 rings (SSSR count). The lowest BCUT2D eigenvalue weighted by molar-refractivity contribution is 0.754. The van der Waals surface area contributed by atoms with Gasteiger partial charge in [-0.2, -0.15) is 0 Å². The Bertz CT molecular complexity index is 615. The fraction of sp³-hybridized carbons (Fsp3) is 0.125. The summed E-state index contributed by atoms with van der Waals surface area (Å²) in [4.78, 5) is 9.24. The zero-order valence-electron chi connectivity index (χ0n) is 10.7. The van der Waals surface area contributed by atoms with Gasteiger partial charge in [0.15, 0.2) is 6.17 Å². The van der Waals surface area contributed by atoms with Crippen LogP contribution in [-0.2, 0) is 0 Å². The molecule has 0 saturated heterocycles. The number of rotatable bonds is 2. The Morgan fingerprint density at radius 3 is 2.16 bits per heavy atom. The molecule has 0 aromatic heterocycles. The van der Waals surface area contributed by atoms with Gasteiger partial charge in [0.25, 0.3) is 0 Å². The van der Waals surface area contributed by atoms with E-state index in [0.717, 1.165) is 22.8 Å². The molecule has 1 atom stereocenters. The molecule has 1 aliphatic rings. The third-order valence-electron chi connectivity index (χ3n) is 3.01. The Morgan fingerprint density at radius 1 is 0.842 bits per heavy atom. The van der Waals surface area contributed by atoms with Crippen LogP contribution in [0, 0.1) is 0 Å². The largest absolute Gasteiger partial charge is 0.329 e. The van der Waals surface area contributed by atoms with E-state index in [2.05, 4.69) is 22.4 Å². The monoisotopic (exact) mass is 249 g/mol. The van der Waals surface area contributed by atoms with Gasteiger partial charge in [-0.05, 0) is 12.5 Å². The van der Waals surface area contributed by atoms with E-state index in [1.165, 1.54) is 0 Å². The van der Waals surface area contributed by atoms with E-state index in [9.17, 15) is 0 Å². The highest BCUT2D eigenvalue weighted by Gasteiger charge is 2.16. The van der Waals surface area contributed by atoms with Gasteiger partial charge >= 0.3 is 0 Å². The number of aliphatic imine (C=N–C) groups is 2. The average molecular weight is 249 g/mol. The summed E-state index contributed by atoms with van der Waals surface area (Å²) in [7, 11) is 0. The molecule has 2 aromatic rings. The third-order valence-corrected chi connectivity index (χ3v) is 3.01. The minimum atomic E-state index is -0.155. The van der Waals surface area contributed by atoms with Crippen LogP contribution in [0.4, 0.5) is 0 Å². The van der Waals surface area contributed by atoms with Crippen LogP contribution in [0.2, 0.25) is 0 Å². The Kier molecular flexibility index (Phi) is 3.11. The van der Waals surface area contributed by atoms with Gasteiger partial charge in [-0.15, -0.1) is 0 Å². The number of nitrogens with zero attached hydrogens (tertiary/aromatic N) is 2. The minimum Gasteiger partial charge on any atom is -0.329 e. The summed E-state index contributed by atoms with van der Waals surface area (Å²) in [6.07, 6.45) is -0.155. The molecule has 94 valence electrons. The fourth-order valence-electron chi connectivity index (χ4n) is 2.09. The minimum absolute atomic E-state index is 0.155. The molecule has 1 aliphatic heterocycles. The van der Waals surface area contributed by atoms with Gasteiger partial charge in [0.2, 0.25) is 0 Å². The Labute approximate surface area is 112 Å². The summed E-state index contributed by atoms with van der Waals surface area (Å²) in [5.41, 5.74) is 2.19. The van der Waals surface area contributed by atoms with Gasteiger partial charge in [0.05, 0.1) is 0 Å². The SMILES string of the molecule is CC1=N[C@@H](c2ccccc2)N=C(c2ccccc2)N1. The first-order chi connectivity index (χ1) is 9.33. The molecular weight excluding hydrogens is 234 g/mol. The predicted molar refractivity (Wildman–Crippen MR) is 78.4 cm³/mol. The van der Waals surface area contributed by atoms with Gasteiger partial charge in [-0.25, -0.2) is 9.98 Å². The van der Waals surface area contributed by atoms with Crippen molar-refractivity contribution in [1.82, 2.24) is 5.32 Å². The van der Waals surface area contributed by atoms with E-state index in [-0.39, 0.29) is 6.17 Å². The van der Waals surface area contributed by atoms with Gasteiger partial charge in [0, 0.05) is 5.56 Å². The van der Waals surface area contributed by atoms with Crippen molar-refractivity contribution in [3.63, 3.8) is 0 Å². The molecule has 3 nitrogen and oxygen atoms in total. The standard InChI is InChI=1S/C16H15N3/c1-12-17-15(13-8-4-2-5-9-13)19-16(18-12)14-10-6-3-7-11-14/h2-11,15H,1H3,(H,17,18,19)/t15-/m1/s1. The molecular formula is C16H15N3. The van der Waals surface area contributed by atoms with Crippen molar-refractivity contribution in [3.8, 4) is 0 Å². The van der Waals surface area contributed by atoms with Crippen LogP contribution in [0.25, 0.3) is 0 Å². The molecule has 0 bridgehead atoms. The molecule has 19 heavy (non-hydrogen) atoms. The summed E-state index contributed by atoms with van der Waals surface area (Å²) >= 11 is 0. The van der Waals surface area contributed by atoms with E-state index in [0.29, 0.717) is 0 Å². The van der Waals surface area contributed by atoms with E-state index in [1.807, 2.05) is 55.5 Å². The molecule has 3 heteroatoms. The Balaban J connectivity index is 1.97. The highest BCUT2D eigenvalue weighted by Crippen LogP contribution is 2.22. The second-order valence-electron chi connectivity index (χ2n) is 4.47. The molecule has 0 aliphatic carbocycles.